The monoisotopic (exact) mass is 293 g/mol. The van der Waals surface area contributed by atoms with E-state index in [9.17, 15) is 0 Å². The van der Waals surface area contributed by atoms with Crippen LogP contribution in [0.1, 0.15) is 26.1 Å². The summed E-state index contributed by atoms with van der Waals surface area (Å²) in [5, 5.41) is 3.35. The fourth-order valence-electron chi connectivity index (χ4n) is 2.44. The van der Waals surface area contributed by atoms with Crippen LogP contribution in [0.25, 0.3) is 0 Å². The van der Waals surface area contributed by atoms with Crippen LogP contribution in [-0.2, 0) is 11.3 Å². The third kappa shape index (κ3) is 4.28. The van der Waals surface area contributed by atoms with Crippen molar-refractivity contribution < 1.29 is 4.74 Å². The van der Waals surface area contributed by atoms with Gasteiger partial charge in [0.25, 0.3) is 0 Å². The van der Waals surface area contributed by atoms with E-state index in [4.69, 9.17) is 4.74 Å². The van der Waals surface area contributed by atoms with Gasteiger partial charge in [0.2, 0.25) is 0 Å². The van der Waals surface area contributed by atoms with E-state index in [1.807, 2.05) is 6.07 Å². The Bertz CT molecular complexity index is 454. The van der Waals surface area contributed by atoms with Crippen LogP contribution < -0.4 is 10.2 Å². The fraction of sp³-hybridized carbons (Fsp3) is 0.733. The predicted octanol–water partition coefficient (Wildman–Crippen LogP) is 1.59. The number of nitrogens with one attached hydrogen (secondary N) is 1. The molecule has 1 N–H and O–H groups in total. The summed E-state index contributed by atoms with van der Waals surface area (Å²) in [7, 11) is 3.85. The molecule has 118 valence electrons. The van der Waals surface area contributed by atoms with Crippen LogP contribution >= 0.6 is 0 Å². The Labute approximate surface area is 127 Å². The second-order valence-electron chi connectivity index (χ2n) is 5.66. The van der Waals surface area contributed by atoms with E-state index in [1.54, 1.807) is 7.11 Å². The van der Waals surface area contributed by atoms with Gasteiger partial charge in [-0.05, 0) is 20.4 Å². The van der Waals surface area contributed by atoms with E-state index in [0.29, 0.717) is 12.6 Å². The molecule has 6 nitrogen and oxygen atoms in total. The molecular formula is C15H27N5O. The molecule has 1 atom stereocenters. The molecule has 1 fully saturated rings. The van der Waals surface area contributed by atoms with Gasteiger partial charge in [-0.1, -0.05) is 6.92 Å². The van der Waals surface area contributed by atoms with Crippen molar-refractivity contribution in [1.82, 2.24) is 14.9 Å². The summed E-state index contributed by atoms with van der Waals surface area (Å²) in [5.74, 6) is 2.62. The van der Waals surface area contributed by atoms with Gasteiger partial charge in [-0.2, -0.15) is 0 Å². The lowest BCUT2D eigenvalue weighted by Gasteiger charge is -2.38. The van der Waals surface area contributed by atoms with Gasteiger partial charge in [-0.3, -0.25) is 0 Å². The van der Waals surface area contributed by atoms with Crippen LogP contribution in [0.15, 0.2) is 6.07 Å². The van der Waals surface area contributed by atoms with Gasteiger partial charge < -0.3 is 19.9 Å². The fourth-order valence-corrected chi connectivity index (χ4v) is 2.44. The number of hydrogen-bond donors (Lipinski definition) is 1. The molecule has 1 unspecified atom stereocenters. The standard InChI is InChI=1S/C15H27N5O/c1-5-6-16-13-9-15(18-14(17-13)11-21-4)20-8-7-19(3)12(2)10-20/h9,12H,5-8,10-11H2,1-4H3,(H,16,17,18). The molecule has 0 amide bonds. The lowest BCUT2D eigenvalue weighted by Crippen LogP contribution is -2.50. The molecule has 0 aliphatic carbocycles. The van der Waals surface area contributed by atoms with Gasteiger partial charge >= 0.3 is 0 Å². The quantitative estimate of drug-likeness (QED) is 0.859. The summed E-state index contributed by atoms with van der Waals surface area (Å²) in [6.45, 7) is 8.81. The highest BCUT2D eigenvalue weighted by molar-refractivity contribution is 5.50. The maximum Gasteiger partial charge on any atom is 0.158 e. The minimum atomic E-state index is 0.442. The Morgan fingerprint density at radius 2 is 2.19 bits per heavy atom. The summed E-state index contributed by atoms with van der Waals surface area (Å²) in [4.78, 5) is 13.9. The third-order valence-corrected chi connectivity index (χ3v) is 3.87. The van der Waals surface area contributed by atoms with Crippen LogP contribution in [0.5, 0.6) is 0 Å². The van der Waals surface area contributed by atoms with Crippen molar-refractivity contribution in [3.8, 4) is 0 Å². The largest absolute Gasteiger partial charge is 0.377 e. The zero-order chi connectivity index (χ0) is 15.2. The lowest BCUT2D eigenvalue weighted by atomic mass is 10.2. The van der Waals surface area contributed by atoms with Crippen molar-refractivity contribution in [2.45, 2.75) is 32.9 Å². The van der Waals surface area contributed by atoms with Gasteiger partial charge in [-0.25, -0.2) is 9.97 Å². The van der Waals surface area contributed by atoms with Crippen molar-refractivity contribution in [1.29, 1.82) is 0 Å². The zero-order valence-electron chi connectivity index (χ0n) is 13.6. The number of likely N-dealkylation sites (N-methyl/N-ethyl adjacent to an activating group) is 1. The Kier molecular flexibility index (Phi) is 5.76. The number of anilines is 2. The number of aromatic nitrogens is 2. The molecule has 2 rings (SSSR count). The maximum atomic E-state index is 5.19. The molecule has 21 heavy (non-hydrogen) atoms. The van der Waals surface area contributed by atoms with Crippen molar-refractivity contribution in [2.75, 3.05) is 50.6 Å². The first-order valence-corrected chi connectivity index (χ1v) is 7.70. The molecule has 2 heterocycles. The second kappa shape index (κ2) is 7.56. The van der Waals surface area contributed by atoms with Crippen LogP contribution in [0.3, 0.4) is 0 Å². The third-order valence-electron chi connectivity index (χ3n) is 3.87. The summed E-state index contributed by atoms with van der Waals surface area (Å²) in [5.41, 5.74) is 0. The molecule has 0 aromatic carbocycles. The van der Waals surface area contributed by atoms with Crippen LogP contribution in [0, 0.1) is 0 Å². The topological polar surface area (TPSA) is 53.5 Å². The van der Waals surface area contributed by atoms with E-state index in [0.717, 1.165) is 50.1 Å². The first kappa shape index (κ1) is 16.0. The van der Waals surface area contributed by atoms with E-state index >= 15 is 0 Å². The van der Waals surface area contributed by atoms with Gasteiger partial charge in [-0.15, -0.1) is 0 Å². The number of hydrogen-bond acceptors (Lipinski definition) is 6. The van der Waals surface area contributed by atoms with E-state index < -0.39 is 0 Å². The molecule has 0 spiro atoms. The predicted molar refractivity (Wildman–Crippen MR) is 85.8 cm³/mol. The Morgan fingerprint density at radius 1 is 1.38 bits per heavy atom. The number of ether oxygens (including phenoxy) is 1. The molecule has 1 aliphatic rings. The lowest BCUT2D eigenvalue weighted by molar-refractivity contribution is 0.177. The molecule has 1 aromatic heterocycles. The minimum Gasteiger partial charge on any atom is -0.377 e. The summed E-state index contributed by atoms with van der Waals surface area (Å²) in [6, 6.07) is 2.58. The molecule has 0 radical (unpaired) electrons. The average Bonchev–Trinajstić information content (AvgIpc) is 2.48. The van der Waals surface area contributed by atoms with E-state index in [2.05, 4.69) is 46.0 Å². The van der Waals surface area contributed by atoms with Crippen molar-refractivity contribution in [2.24, 2.45) is 0 Å². The highest BCUT2D eigenvalue weighted by atomic mass is 16.5. The van der Waals surface area contributed by atoms with Gasteiger partial charge in [0.15, 0.2) is 5.82 Å². The highest BCUT2D eigenvalue weighted by Crippen LogP contribution is 2.20. The number of rotatable bonds is 6. The Morgan fingerprint density at radius 3 is 2.86 bits per heavy atom. The minimum absolute atomic E-state index is 0.442. The van der Waals surface area contributed by atoms with Gasteiger partial charge in [0.1, 0.15) is 18.2 Å². The van der Waals surface area contributed by atoms with Crippen molar-refractivity contribution in [3.05, 3.63) is 11.9 Å². The molecule has 1 saturated heterocycles. The van der Waals surface area contributed by atoms with Gasteiger partial charge in [0, 0.05) is 45.4 Å². The van der Waals surface area contributed by atoms with E-state index in [1.165, 1.54) is 0 Å². The number of methoxy groups -OCH3 is 1. The zero-order valence-corrected chi connectivity index (χ0v) is 13.6. The molecule has 1 aliphatic heterocycles. The highest BCUT2D eigenvalue weighted by Gasteiger charge is 2.22. The van der Waals surface area contributed by atoms with Crippen molar-refractivity contribution >= 4 is 11.6 Å². The molecule has 6 heteroatoms. The number of piperazine rings is 1. The molecule has 0 bridgehead atoms. The van der Waals surface area contributed by atoms with Gasteiger partial charge in [0.05, 0.1) is 0 Å². The maximum absolute atomic E-state index is 5.19. The van der Waals surface area contributed by atoms with Crippen LogP contribution in [-0.4, -0.2) is 61.2 Å². The van der Waals surface area contributed by atoms with Crippen molar-refractivity contribution in [3.63, 3.8) is 0 Å². The molecule has 1 aromatic rings. The summed E-state index contributed by atoms with van der Waals surface area (Å²) in [6.07, 6.45) is 1.07. The van der Waals surface area contributed by atoms with Crippen LogP contribution in [0.4, 0.5) is 11.6 Å². The Balaban J connectivity index is 2.18. The summed E-state index contributed by atoms with van der Waals surface area (Å²) < 4.78 is 5.19. The van der Waals surface area contributed by atoms with Crippen LogP contribution in [0.2, 0.25) is 0 Å². The number of nitrogens with zero attached hydrogens (tertiary/aromatic N) is 4. The second-order valence-corrected chi connectivity index (χ2v) is 5.66. The summed E-state index contributed by atoms with van der Waals surface area (Å²) >= 11 is 0. The Hall–Kier alpha value is -1.40. The molecular weight excluding hydrogens is 266 g/mol. The first-order valence-electron chi connectivity index (χ1n) is 7.70. The van der Waals surface area contributed by atoms with E-state index in [-0.39, 0.29) is 0 Å². The normalized spacial score (nSPS) is 19.8. The first-order chi connectivity index (χ1) is 10.1. The SMILES string of the molecule is CCCNc1cc(N2CCN(C)C(C)C2)nc(COC)n1. The smallest absolute Gasteiger partial charge is 0.158 e. The average molecular weight is 293 g/mol. The molecule has 0 saturated carbocycles.